The number of benzene rings is 1. The molecule has 2 aromatic heterocycles. The second-order valence-electron chi connectivity index (χ2n) is 6.30. The molecule has 0 aliphatic heterocycles. The fraction of sp³-hybridized carbons (Fsp3) is 0.278. The SMILES string of the molecule is Cc1ccccc1-c1csc(NC(=O)CC(O)(c2nccn2C)C(F)(F)F)n1. The number of rotatable bonds is 5. The molecule has 1 atom stereocenters. The molecule has 6 nitrogen and oxygen atoms in total. The number of imidazole rings is 1. The molecule has 148 valence electrons. The van der Waals surface area contributed by atoms with Crippen molar-refractivity contribution in [2.45, 2.75) is 25.1 Å². The number of hydrogen-bond acceptors (Lipinski definition) is 5. The summed E-state index contributed by atoms with van der Waals surface area (Å²) in [4.78, 5) is 20.1. The number of thiazole rings is 1. The maximum Gasteiger partial charge on any atom is 0.425 e. The van der Waals surface area contributed by atoms with E-state index in [9.17, 15) is 23.1 Å². The van der Waals surface area contributed by atoms with Crippen LogP contribution in [0.1, 0.15) is 17.8 Å². The first kappa shape index (κ1) is 20.0. The molecule has 0 radical (unpaired) electrons. The summed E-state index contributed by atoms with van der Waals surface area (Å²) in [6.45, 7) is 1.91. The average Bonchev–Trinajstić information content (AvgIpc) is 3.23. The van der Waals surface area contributed by atoms with Crippen LogP contribution in [-0.4, -0.2) is 31.7 Å². The Bertz CT molecular complexity index is 999. The molecule has 0 spiro atoms. The van der Waals surface area contributed by atoms with E-state index in [2.05, 4.69) is 15.3 Å². The van der Waals surface area contributed by atoms with Gasteiger partial charge in [0.2, 0.25) is 11.5 Å². The van der Waals surface area contributed by atoms with Crippen molar-refractivity contribution in [2.24, 2.45) is 7.05 Å². The Kier molecular flexibility index (Phi) is 5.26. The molecule has 0 aliphatic carbocycles. The van der Waals surface area contributed by atoms with Gasteiger partial charge >= 0.3 is 6.18 Å². The number of nitrogens with zero attached hydrogens (tertiary/aromatic N) is 3. The lowest BCUT2D eigenvalue weighted by Gasteiger charge is -2.29. The van der Waals surface area contributed by atoms with Gasteiger partial charge in [-0.1, -0.05) is 24.3 Å². The van der Waals surface area contributed by atoms with Gasteiger partial charge in [0.25, 0.3) is 0 Å². The third kappa shape index (κ3) is 3.78. The van der Waals surface area contributed by atoms with E-state index in [1.807, 2.05) is 31.2 Å². The number of aliphatic hydroxyl groups is 1. The van der Waals surface area contributed by atoms with E-state index in [0.717, 1.165) is 33.2 Å². The summed E-state index contributed by atoms with van der Waals surface area (Å²) >= 11 is 1.09. The van der Waals surface area contributed by atoms with Gasteiger partial charge in [-0.2, -0.15) is 13.2 Å². The lowest BCUT2D eigenvalue weighted by Crippen LogP contribution is -2.46. The van der Waals surface area contributed by atoms with Crippen LogP contribution in [0.5, 0.6) is 0 Å². The summed E-state index contributed by atoms with van der Waals surface area (Å²) in [7, 11) is 1.31. The highest BCUT2D eigenvalue weighted by atomic mass is 32.1. The number of halogens is 3. The Morgan fingerprint density at radius 1 is 1.32 bits per heavy atom. The van der Waals surface area contributed by atoms with Crippen molar-refractivity contribution >= 4 is 22.4 Å². The van der Waals surface area contributed by atoms with Crippen LogP contribution in [0.15, 0.2) is 42.0 Å². The van der Waals surface area contributed by atoms with Crippen LogP contribution in [0.4, 0.5) is 18.3 Å². The molecule has 10 heteroatoms. The second kappa shape index (κ2) is 7.36. The fourth-order valence-electron chi connectivity index (χ4n) is 2.78. The van der Waals surface area contributed by atoms with Crippen molar-refractivity contribution in [1.29, 1.82) is 0 Å². The van der Waals surface area contributed by atoms with E-state index in [-0.39, 0.29) is 5.13 Å². The minimum Gasteiger partial charge on any atom is -0.374 e. The van der Waals surface area contributed by atoms with Crippen LogP contribution in [0, 0.1) is 6.92 Å². The standard InChI is InChI=1S/C18H17F3N4O2S/c1-11-5-3-4-6-12(11)13-10-28-16(23-13)24-14(26)9-17(27,18(19,20)21)15-22-7-8-25(15)2/h3-8,10,27H,9H2,1-2H3,(H,23,24,26). The molecular weight excluding hydrogens is 393 g/mol. The number of aromatic nitrogens is 3. The summed E-state index contributed by atoms with van der Waals surface area (Å²) in [6.07, 6.45) is -3.93. The molecular formula is C18H17F3N4O2S. The Labute approximate surface area is 162 Å². The summed E-state index contributed by atoms with van der Waals surface area (Å²) in [5.41, 5.74) is -0.967. The van der Waals surface area contributed by atoms with Gasteiger partial charge in [-0.15, -0.1) is 11.3 Å². The number of carbonyl (C=O) groups excluding carboxylic acids is 1. The summed E-state index contributed by atoms with van der Waals surface area (Å²) in [6, 6.07) is 7.49. The quantitative estimate of drug-likeness (QED) is 0.673. The number of aryl methyl sites for hydroxylation is 2. The molecule has 1 aromatic carbocycles. The van der Waals surface area contributed by atoms with Gasteiger partial charge in [0.15, 0.2) is 11.0 Å². The second-order valence-corrected chi connectivity index (χ2v) is 7.16. The van der Waals surface area contributed by atoms with E-state index < -0.39 is 29.9 Å². The minimum atomic E-state index is -5.08. The fourth-order valence-corrected chi connectivity index (χ4v) is 3.51. The van der Waals surface area contributed by atoms with E-state index >= 15 is 0 Å². The Hall–Kier alpha value is -2.72. The maximum atomic E-state index is 13.5. The van der Waals surface area contributed by atoms with Crippen LogP contribution < -0.4 is 5.32 Å². The van der Waals surface area contributed by atoms with E-state index in [1.54, 1.807) is 5.38 Å². The average molecular weight is 410 g/mol. The van der Waals surface area contributed by atoms with Gasteiger partial charge in [0.05, 0.1) is 12.1 Å². The first-order valence-electron chi connectivity index (χ1n) is 8.20. The van der Waals surface area contributed by atoms with Crippen molar-refractivity contribution in [3.05, 3.63) is 53.4 Å². The number of carbonyl (C=O) groups is 1. The predicted molar refractivity (Wildman–Crippen MR) is 98.7 cm³/mol. The monoisotopic (exact) mass is 410 g/mol. The smallest absolute Gasteiger partial charge is 0.374 e. The zero-order chi connectivity index (χ0) is 20.5. The third-order valence-corrected chi connectivity index (χ3v) is 5.01. The normalized spacial score (nSPS) is 13.9. The molecule has 0 fully saturated rings. The molecule has 0 aliphatic rings. The van der Waals surface area contributed by atoms with E-state index in [0.29, 0.717) is 5.69 Å². The highest BCUT2D eigenvalue weighted by molar-refractivity contribution is 7.14. The Morgan fingerprint density at radius 3 is 2.64 bits per heavy atom. The zero-order valence-corrected chi connectivity index (χ0v) is 15.8. The van der Waals surface area contributed by atoms with Gasteiger partial charge in [0.1, 0.15) is 0 Å². The number of amides is 1. The topological polar surface area (TPSA) is 80.0 Å². The molecule has 0 saturated carbocycles. The first-order chi connectivity index (χ1) is 13.1. The molecule has 1 amide bonds. The van der Waals surface area contributed by atoms with Crippen molar-refractivity contribution in [1.82, 2.24) is 14.5 Å². The summed E-state index contributed by atoms with van der Waals surface area (Å²) in [5, 5.41) is 14.4. The largest absolute Gasteiger partial charge is 0.425 e. The van der Waals surface area contributed by atoms with Gasteiger partial charge in [-0.3, -0.25) is 4.79 Å². The molecule has 3 rings (SSSR count). The van der Waals surface area contributed by atoms with Crippen molar-refractivity contribution in [2.75, 3.05) is 5.32 Å². The van der Waals surface area contributed by atoms with Crippen molar-refractivity contribution in [3.8, 4) is 11.3 Å². The van der Waals surface area contributed by atoms with Crippen LogP contribution in [-0.2, 0) is 17.4 Å². The van der Waals surface area contributed by atoms with Crippen LogP contribution >= 0.6 is 11.3 Å². The molecule has 0 saturated heterocycles. The molecule has 28 heavy (non-hydrogen) atoms. The number of nitrogens with one attached hydrogen (secondary N) is 1. The number of hydrogen-bond donors (Lipinski definition) is 2. The van der Waals surface area contributed by atoms with Gasteiger partial charge in [-0.05, 0) is 12.5 Å². The lowest BCUT2D eigenvalue weighted by molar-refractivity contribution is -0.270. The highest BCUT2D eigenvalue weighted by Crippen LogP contribution is 2.41. The summed E-state index contributed by atoms with van der Waals surface area (Å²) < 4.78 is 41.6. The Balaban J connectivity index is 1.80. The van der Waals surface area contributed by atoms with Crippen molar-refractivity contribution in [3.63, 3.8) is 0 Å². The maximum absolute atomic E-state index is 13.5. The zero-order valence-electron chi connectivity index (χ0n) is 15.0. The van der Waals surface area contributed by atoms with Crippen LogP contribution in [0.2, 0.25) is 0 Å². The molecule has 2 heterocycles. The van der Waals surface area contributed by atoms with Crippen LogP contribution in [0.3, 0.4) is 0 Å². The molecule has 0 bridgehead atoms. The van der Waals surface area contributed by atoms with Crippen molar-refractivity contribution < 1.29 is 23.1 Å². The summed E-state index contributed by atoms with van der Waals surface area (Å²) in [5.74, 6) is -1.68. The van der Waals surface area contributed by atoms with Crippen LogP contribution in [0.25, 0.3) is 11.3 Å². The lowest BCUT2D eigenvalue weighted by atomic mass is 9.97. The van der Waals surface area contributed by atoms with Gasteiger partial charge < -0.3 is 15.0 Å². The third-order valence-electron chi connectivity index (χ3n) is 4.25. The molecule has 3 aromatic rings. The van der Waals surface area contributed by atoms with Gasteiger partial charge in [-0.25, -0.2) is 9.97 Å². The predicted octanol–water partition coefficient (Wildman–Crippen LogP) is 3.63. The number of alkyl halides is 3. The first-order valence-corrected chi connectivity index (χ1v) is 9.08. The minimum absolute atomic E-state index is 0.146. The molecule has 1 unspecified atom stereocenters. The van der Waals surface area contributed by atoms with Gasteiger partial charge in [0, 0.05) is 30.4 Å². The van der Waals surface area contributed by atoms with E-state index in [4.69, 9.17) is 0 Å². The molecule has 2 N–H and O–H groups in total. The highest BCUT2D eigenvalue weighted by Gasteiger charge is 2.58. The van der Waals surface area contributed by atoms with E-state index in [1.165, 1.54) is 13.2 Å². The number of anilines is 1. The Morgan fingerprint density at radius 2 is 2.04 bits per heavy atom.